The number of rotatable bonds is 10. The molecule has 0 fully saturated rings. The summed E-state index contributed by atoms with van der Waals surface area (Å²) < 4.78 is 0. The number of carboxylic acids is 2. The minimum atomic E-state index is -0.893. The van der Waals surface area contributed by atoms with E-state index in [1.165, 1.54) is 0 Å². The Morgan fingerprint density at radius 3 is 1.17 bits per heavy atom. The Balaban J connectivity index is -0.0000000831. The Morgan fingerprint density at radius 1 is 0.783 bits per heavy atom. The van der Waals surface area contributed by atoms with Crippen LogP contribution in [0.4, 0.5) is 0 Å². The van der Waals surface area contributed by atoms with Crippen LogP contribution in [0, 0.1) is 11.8 Å². The quantitative estimate of drug-likeness (QED) is 0.349. The molecule has 0 aromatic rings. The van der Waals surface area contributed by atoms with Crippen LogP contribution in [0.15, 0.2) is 0 Å². The number of carbonyl (C=O) groups is 2. The molecule has 2 atom stereocenters. The van der Waals surface area contributed by atoms with Crippen molar-refractivity contribution in [3.05, 3.63) is 0 Å². The molecule has 23 heavy (non-hydrogen) atoms. The molecule has 0 radical (unpaired) electrons. The molecule has 7 heteroatoms. The molecule has 0 rings (SSSR count). The van der Waals surface area contributed by atoms with Gasteiger partial charge in [-0.25, -0.2) is 0 Å². The van der Waals surface area contributed by atoms with Crippen molar-refractivity contribution in [1.82, 2.24) is 0 Å². The first-order valence-corrected chi connectivity index (χ1v) is 7.86. The van der Waals surface area contributed by atoms with E-state index in [1.807, 2.05) is 13.8 Å². The molecular weight excluding hydrogens is 571 g/mol. The minimum absolute atomic E-state index is 0. The SMILES string of the molecule is CCCCC(CC)C(=O)[O-].CCCCC(CC)C(=O)[O-].[BaH2].[Cd].[Zn+2]. The van der Waals surface area contributed by atoms with Crippen LogP contribution in [0.1, 0.15) is 79.1 Å². The van der Waals surface area contributed by atoms with Gasteiger partial charge in [0.2, 0.25) is 0 Å². The summed E-state index contributed by atoms with van der Waals surface area (Å²) in [5.41, 5.74) is 0. The van der Waals surface area contributed by atoms with Crippen LogP contribution in [0.3, 0.4) is 0 Å². The maximum absolute atomic E-state index is 10.3. The summed E-state index contributed by atoms with van der Waals surface area (Å²) in [7, 11) is 0. The summed E-state index contributed by atoms with van der Waals surface area (Å²) in [6.45, 7) is 7.89. The second kappa shape index (κ2) is 26.3. The first-order valence-electron chi connectivity index (χ1n) is 7.86. The van der Waals surface area contributed by atoms with E-state index in [2.05, 4.69) is 13.8 Å². The maximum Gasteiger partial charge on any atom is 2.00 e. The average Bonchev–Trinajstić information content (AvgIpc) is 2.40. The third-order valence-corrected chi connectivity index (χ3v) is 3.46. The summed E-state index contributed by atoms with van der Waals surface area (Å²) in [5.74, 6) is -2.23. The van der Waals surface area contributed by atoms with Crippen LogP contribution in [0.5, 0.6) is 0 Å². The first-order chi connectivity index (χ1) is 9.44. The summed E-state index contributed by atoms with van der Waals surface area (Å²) >= 11 is 0. The van der Waals surface area contributed by atoms with Crippen LogP contribution in [-0.2, 0) is 56.4 Å². The van der Waals surface area contributed by atoms with Gasteiger partial charge in [-0.15, -0.1) is 0 Å². The fourth-order valence-corrected chi connectivity index (χ4v) is 1.88. The Hall–Kier alpha value is 2.06. The van der Waals surface area contributed by atoms with Gasteiger partial charge in [-0.2, -0.15) is 0 Å². The first kappa shape index (κ1) is 36.0. The summed E-state index contributed by atoms with van der Waals surface area (Å²) in [5, 5.41) is 20.7. The number of hydrogen-bond donors (Lipinski definition) is 0. The van der Waals surface area contributed by atoms with Crippen molar-refractivity contribution in [2.24, 2.45) is 11.8 Å². The van der Waals surface area contributed by atoms with E-state index in [-0.39, 0.29) is 107 Å². The summed E-state index contributed by atoms with van der Waals surface area (Å²) in [4.78, 5) is 20.7. The predicted molar refractivity (Wildman–Crippen MR) is 85.2 cm³/mol. The van der Waals surface area contributed by atoms with Gasteiger partial charge < -0.3 is 19.8 Å². The van der Waals surface area contributed by atoms with Crippen LogP contribution < -0.4 is 10.2 Å². The van der Waals surface area contributed by atoms with Crippen molar-refractivity contribution in [2.45, 2.75) is 79.1 Å². The molecule has 0 spiro atoms. The van der Waals surface area contributed by atoms with Gasteiger partial charge in [0, 0.05) is 39.2 Å². The topological polar surface area (TPSA) is 80.3 Å². The molecule has 0 saturated carbocycles. The smallest absolute Gasteiger partial charge is 0 e. The van der Waals surface area contributed by atoms with Crippen molar-refractivity contribution >= 4 is 60.8 Å². The van der Waals surface area contributed by atoms with Gasteiger partial charge in [-0.1, -0.05) is 53.4 Å². The van der Waals surface area contributed by atoms with E-state index >= 15 is 0 Å². The molecule has 0 aliphatic carbocycles. The average molecular weight is 604 g/mol. The van der Waals surface area contributed by atoms with E-state index in [0.29, 0.717) is 12.8 Å². The molecular formula is C16H32BaCdO4Zn. The van der Waals surface area contributed by atoms with Crippen molar-refractivity contribution in [2.75, 3.05) is 0 Å². The molecule has 0 bridgehead atoms. The second-order valence-corrected chi connectivity index (χ2v) is 5.13. The summed E-state index contributed by atoms with van der Waals surface area (Å²) in [6.07, 6.45) is 7.04. The van der Waals surface area contributed by atoms with Crippen LogP contribution >= 0.6 is 0 Å². The molecule has 0 heterocycles. The molecule has 2 unspecified atom stereocenters. The molecule has 0 amide bonds. The number of aliphatic carboxylic acids is 2. The number of unbranched alkanes of at least 4 members (excludes halogenated alkanes) is 2. The van der Waals surface area contributed by atoms with E-state index in [4.69, 9.17) is 0 Å². The molecule has 0 aromatic carbocycles. The number of carboxylic acid groups (broad SMARTS) is 2. The predicted octanol–water partition coefficient (Wildman–Crippen LogP) is 0.984. The van der Waals surface area contributed by atoms with Gasteiger partial charge in [-0.3, -0.25) is 0 Å². The van der Waals surface area contributed by atoms with Crippen LogP contribution in [0.2, 0.25) is 0 Å². The van der Waals surface area contributed by atoms with Crippen molar-refractivity contribution < 1.29 is 66.6 Å². The van der Waals surface area contributed by atoms with Crippen LogP contribution in [0.25, 0.3) is 0 Å². The Morgan fingerprint density at radius 2 is 1.04 bits per heavy atom. The van der Waals surface area contributed by atoms with Gasteiger partial charge in [0.15, 0.2) is 0 Å². The van der Waals surface area contributed by atoms with Gasteiger partial charge >= 0.3 is 68.4 Å². The fourth-order valence-electron chi connectivity index (χ4n) is 1.88. The maximum atomic E-state index is 10.3. The Bertz CT molecular complexity index is 242. The molecule has 0 aliphatic heterocycles. The fraction of sp³-hybridized carbons (Fsp3) is 0.875. The monoisotopic (exact) mass is 604 g/mol. The van der Waals surface area contributed by atoms with E-state index < -0.39 is 11.9 Å². The molecule has 0 aliphatic rings. The molecule has 4 nitrogen and oxygen atoms in total. The zero-order valence-corrected chi connectivity index (χ0v) is 21.9. The van der Waals surface area contributed by atoms with Crippen molar-refractivity contribution in [1.29, 1.82) is 0 Å². The third-order valence-electron chi connectivity index (χ3n) is 3.46. The van der Waals surface area contributed by atoms with Crippen molar-refractivity contribution in [3.8, 4) is 0 Å². The molecule has 0 aromatic heterocycles. The third kappa shape index (κ3) is 24.1. The molecule has 126 valence electrons. The Kier molecular flexibility index (Phi) is 41.2. The molecule has 0 saturated heterocycles. The number of hydrogen-bond acceptors (Lipinski definition) is 4. The van der Waals surface area contributed by atoms with Gasteiger partial charge in [0.1, 0.15) is 0 Å². The van der Waals surface area contributed by atoms with E-state index in [9.17, 15) is 19.8 Å². The number of carbonyl (C=O) groups excluding carboxylic acids is 2. The minimum Gasteiger partial charge on any atom is 0 e. The standard InChI is InChI=1S/2C8H16O2.Ba.Cd.Zn.2H/c2*1-3-5-6-7(4-2)8(9)10;;;;;/h2*7H,3-6H2,1-2H3,(H,9,10);;;;;/q;;;;+2;;/p-2. The molecule has 0 N–H and O–H groups in total. The van der Waals surface area contributed by atoms with Crippen molar-refractivity contribution in [3.63, 3.8) is 0 Å². The van der Waals surface area contributed by atoms with Crippen LogP contribution in [-0.4, -0.2) is 60.8 Å². The largest absolute Gasteiger partial charge is 2.00 e. The Labute approximate surface area is 215 Å². The van der Waals surface area contributed by atoms with Gasteiger partial charge in [-0.05, 0) is 37.5 Å². The van der Waals surface area contributed by atoms with Gasteiger partial charge in [0.05, 0.1) is 0 Å². The zero-order chi connectivity index (χ0) is 16.0. The van der Waals surface area contributed by atoms with E-state index in [0.717, 1.165) is 38.5 Å². The van der Waals surface area contributed by atoms with Gasteiger partial charge in [0.25, 0.3) is 0 Å². The second-order valence-electron chi connectivity index (χ2n) is 5.13. The summed E-state index contributed by atoms with van der Waals surface area (Å²) in [6, 6.07) is 0. The normalized spacial score (nSPS) is 11.3. The van der Waals surface area contributed by atoms with E-state index in [1.54, 1.807) is 0 Å². The zero-order valence-electron chi connectivity index (χ0n) is 14.9.